The molecule has 0 saturated heterocycles. The molecule has 1 heterocycles. The zero-order chi connectivity index (χ0) is 34.3. The summed E-state index contributed by atoms with van der Waals surface area (Å²) in [5.41, 5.74) is 3.65. The van der Waals surface area contributed by atoms with Gasteiger partial charge in [0.25, 0.3) is 0 Å². The molecule has 5 N–H and O–H groups in total. The lowest BCUT2D eigenvalue weighted by molar-refractivity contribution is -0.138. The number of unbranched alkanes of at least 4 members (excludes halogenated alkanes) is 1. The van der Waals surface area contributed by atoms with Crippen molar-refractivity contribution >= 4 is 29.3 Å². The van der Waals surface area contributed by atoms with Crippen LogP contribution in [0.2, 0.25) is 5.02 Å². The number of aliphatic hydroxyl groups is 5. The maximum atomic E-state index is 12.5. The summed E-state index contributed by atoms with van der Waals surface area (Å²) in [6.45, 7) is -0.618. The Morgan fingerprint density at radius 2 is 1.79 bits per heavy atom. The molecule has 2 fully saturated rings. The zero-order valence-corrected chi connectivity index (χ0v) is 28.7. The lowest BCUT2D eigenvalue weighted by atomic mass is 9.96. The molecule has 2 aromatic carbocycles. The van der Waals surface area contributed by atoms with Gasteiger partial charge in [-0.05, 0) is 85.7 Å². The van der Waals surface area contributed by atoms with E-state index in [0.717, 1.165) is 70.8 Å². The van der Waals surface area contributed by atoms with Gasteiger partial charge in [0.1, 0.15) is 30.2 Å². The number of rotatable bonds is 19. The van der Waals surface area contributed by atoms with E-state index in [1.54, 1.807) is 11.8 Å². The number of amides is 1. The first-order valence-corrected chi connectivity index (χ1v) is 17.8. The Morgan fingerprint density at radius 1 is 1.04 bits per heavy atom. The van der Waals surface area contributed by atoms with E-state index in [1.807, 2.05) is 48.8 Å². The number of nitrogens with zero attached hydrogens (tertiary/aromatic N) is 2. The van der Waals surface area contributed by atoms with Crippen LogP contribution in [0.25, 0.3) is 11.1 Å². The summed E-state index contributed by atoms with van der Waals surface area (Å²) in [6.07, 6.45) is 3.17. The Bertz CT molecular complexity index is 1520. The molecule has 1 amide bonds. The summed E-state index contributed by atoms with van der Waals surface area (Å²) in [7, 11) is 1.50. The number of aliphatic hydroxyl groups excluding tert-OH is 5. The Hall–Kier alpha value is -2.74. The van der Waals surface area contributed by atoms with Gasteiger partial charge in [-0.25, -0.2) is 0 Å². The molecule has 2 saturated carbocycles. The highest BCUT2D eigenvalue weighted by Gasteiger charge is 2.48. The third kappa shape index (κ3) is 9.48. The minimum absolute atomic E-state index is 0.209. The smallest absolute Gasteiger partial charge is 0.222 e. The Balaban J connectivity index is 1.10. The van der Waals surface area contributed by atoms with Gasteiger partial charge in [0.2, 0.25) is 5.91 Å². The predicted molar refractivity (Wildman–Crippen MR) is 184 cm³/mol. The fraction of sp³-hybridized carbons (Fsp3) is 0.500. The predicted octanol–water partition coefficient (Wildman–Crippen LogP) is 4.31. The molecule has 0 aliphatic heterocycles. The van der Waals surface area contributed by atoms with Gasteiger partial charge in [0.05, 0.1) is 24.9 Å². The molecule has 10 nitrogen and oxygen atoms in total. The minimum Gasteiger partial charge on any atom is -0.490 e. The van der Waals surface area contributed by atoms with Gasteiger partial charge in [-0.1, -0.05) is 29.8 Å². The Morgan fingerprint density at radius 3 is 2.52 bits per heavy atom. The minimum atomic E-state index is -1.73. The van der Waals surface area contributed by atoms with Crippen molar-refractivity contribution in [2.75, 3.05) is 26.0 Å². The molecule has 1 aromatic heterocycles. The third-order valence-electron chi connectivity index (χ3n) is 8.80. The highest BCUT2D eigenvalue weighted by molar-refractivity contribution is 7.99. The van der Waals surface area contributed by atoms with Crippen LogP contribution in [-0.2, 0) is 21.7 Å². The molecule has 260 valence electrons. The van der Waals surface area contributed by atoms with Crippen LogP contribution in [0.15, 0.2) is 65.8 Å². The number of halogens is 1. The summed E-state index contributed by atoms with van der Waals surface area (Å²) in [5.74, 6) is 1.47. The molecule has 4 atom stereocenters. The van der Waals surface area contributed by atoms with Crippen molar-refractivity contribution < 1.29 is 39.8 Å². The molecule has 3 aromatic rings. The zero-order valence-electron chi connectivity index (χ0n) is 27.1. The molecular formula is C36H45ClN2O8S. The van der Waals surface area contributed by atoms with Gasteiger partial charge < -0.3 is 39.9 Å². The summed E-state index contributed by atoms with van der Waals surface area (Å²) >= 11 is 8.28. The summed E-state index contributed by atoms with van der Waals surface area (Å²) in [4.78, 5) is 19.3. The maximum absolute atomic E-state index is 12.5. The highest BCUT2D eigenvalue weighted by atomic mass is 35.5. The number of pyridine rings is 1. The summed E-state index contributed by atoms with van der Waals surface area (Å²) in [5, 5.41) is 49.0. The number of hydrogen-bond acceptors (Lipinski definition) is 10. The van der Waals surface area contributed by atoms with Crippen molar-refractivity contribution in [1.29, 1.82) is 0 Å². The number of carbonyl (C=O) groups is 1. The van der Waals surface area contributed by atoms with Crippen molar-refractivity contribution in [2.45, 2.75) is 92.6 Å². The lowest BCUT2D eigenvalue weighted by Crippen LogP contribution is -2.49. The van der Waals surface area contributed by atoms with Crippen LogP contribution in [0.1, 0.15) is 56.1 Å². The number of para-hydroxylation sites is 1. The van der Waals surface area contributed by atoms with Crippen LogP contribution < -0.4 is 4.74 Å². The molecule has 2 aliphatic carbocycles. The van der Waals surface area contributed by atoms with E-state index in [1.165, 1.54) is 11.9 Å². The van der Waals surface area contributed by atoms with Crippen LogP contribution in [0.5, 0.6) is 5.75 Å². The topological polar surface area (TPSA) is 153 Å². The molecule has 0 unspecified atom stereocenters. The average molecular weight is 701 g/mol. The average Bonchev–Trinajstić information content (AvgIpc) is 4.05. The first-order chi connectivity index (χ1) is 23.1. The number of benzene rings is 2. The van der Waals surface area contributed by atoms with E-state index in [-0.39, 0.29) is 18.9 Å². The van der Waals surface area contributed by atoms with Crippen LogP contribution in [0, 0.1) is 0 Å². The number of aromatic nitrogens is 1. The Kier molecular flexibility index (Phi) is 12.8. The van der Waals surface area contributed by atoms with E-state index in [0.29, 0.717) is 24.2 Å². The molecule has 0 bridgehead atoms. The monoisotopic (exact) mass is 700 g/mol. The van der Waals surface area contributed by atoms with Gasteiger partial charge in [-0.15, -0.1) is 11.8 Å². The Labute approximate surface area is 290 Å². The molecule has 5 rings (SSSR count). The number of carbonyl (C=O) groups excluding carboxylic acids is 1. The largest absolute Gasteiger partial charge is 0.490 e. The van der Waals surface area contributed by atoms with E-state index < -0.39 is 36.6 Å². The van der Waals surface area contributed by atoms with Gasteiger partial charge in [0, 0.05) is 53.5 Å². The number of ether oxygens (including phenoxy) is 2. The number of thioether (sulfide) groups is 1. The third-order valence-corrected chi connectivity index (χ3v) is 10.2. The lowest BCUT2D eigenvalue weighted by Gasteiger charge is -2.28. The quantitative estimate of drug-likeness (QED) is 0.0904. The fourth-order valence-electron chi connectivity index (χ4n) is 5.53. The molecule has 0 spiro atoms. The van der Waals surface area contributed by atoms with Gasteiger partial charge >= 0.3 is 0 Å². The van der Waals surface area contributed by atoms with E-state index in [9.17, 15) is 25.2 Å². The van der Waals surface area contributed by atoms with E-state index >= 15 is 0 Å². The highest BCUT2D eigenvalue weighted by Crippen LogP contribution is 2.53. The van der Waals surface area contributed by atoms with Crippen molar-refractivity contribution in [3.8, 4) is 16.9 Å². The van der Waals surface area contributed by atoms with E-state index in [4.69, 9.17) is 26.2 Å². The molecule has 0 radical (unpaired) electrons. The number of hydrogen-bond donors (Lipinski definition) is 5. The van der Waals surface area contributed by atoms with E-state index in [2.05, 4.69) is 17.1 Å². The SMILES string of the molecule is CN(C[C@H](O)[C@@H](O)[C@H](O)[C@H](O)CO)C(=O)CCCCSc1ccc(Cl)c(COC2(c3cnccc3-c3ccccc3OC3CC3)CC2)c1. The second-order valence-electron chi connectivity index (χ2n) is 12.6. The van der Waals surface area contributed by atoms with Crippen molar-refractivity contribution in [1.82, 2.24) is 9.88 Å². The van der Waals surface area contributed by atoms with Crippen molar-refractivity contribution in [3.63, 3.8) is 0 Å². The van der Waals surface area contributed by atoms with Gasteiger partial charge in [0.15, 0.2) is 0 Å². The second kappa shape index (κ2) is 16.8. The molecule has 2 aliphatic rings. The molecular weight excluding hydrogens is 656 g/mol. The van der Waals surface area contributed by atoms with Crippen molar-refractivity contribution in [3.05, 3.63) is 77.1 Å². The van der Waals surface area contributed by atoms with Crippen LogP contribution in [0.3, 0.4) is 0 Å². The summed E-state index contributed by atoms with van der Waals surface area (Å²) in [6, 6.07) is 16.1. The first kappa shape index (κ1) is 36.5. The first-order valence-electron chi connectivity index (χ1n) is 16.4. The van der Waals surface area contributed by atoms with Gasteiger partial charge in [-0.3, -0.25) is 9.78 Å². The molecule has 12 heteroatoms. The fourth-order valence-corrected chi connectivity index (χ4v) is 6.68. The van der Waals surface area contributed by atoms with Crippen molar-refractivity contribution in [2.24, 2.45) is 0 Å². The second-order valence-corrected chi connectivity index (χ2v) is 14.2. The number of likely N-dealkylation sites (N-methyl/N-ethyl adjacent to an activating group) is 1. The van der Waals surface area contributed by atoms with Gasteiger partial charge in [-0.2, -0.15) is 0 Å². The van der Waals surface area contributed by atoms with Crippen LogP contribution >= 0.6 is 23.4 Å². The standard InChI is InChI=1S/C36H45ClN2O8S/c1-39(20-30(41)34(44)35(45)31(42)21-40)33(43)8-4-5-17-48-25-11-12-29(37)23(18-25)22-46-36(14-15-36)28-19-38-16-13-26(28)27-6-2-3-7-32(27)47-24-9-10-24/h2-3,6-7,11-13,16,18-19,24,30-31,34-35,40-42,44-45H,4-5,8-10,14-15,17,20-22H2,1H3/t30-,31+,34+,35+/m0/s1. The van der Waals surface area contributed by atoms with Crippen LogP contribution in [0.4, 0.5) is 0 Å². The maximum Gasteiger partial charge on any atom is 0.222 e. The normalized spacial score (nSPS) is 17.7. The summed E-state index contributed by atoms with van der Waals surface area (Å²) < 4.78 is 12.8. The van der Waals surface area contributed by atoms with Crippen LogP contribution in [-0.4, -0.2) is 97.8 Å². The molecule has 48 heavy (non-hydrogen) atoms.